The normalized spacial score (nSPS) is 12.6. The third-order valence-corrected chi connectivity index (χ3v) is 2.69. The molecular formula is C13H17F2NO2. The summed E-state index contributed by atoms with van der Waals surface area (Å²) >= 11 is 0. The molecule has 0 aliphatic rings. The average Bonchev–Trinajstić information content (AvgIpc) is 2.28. The molecule has 100 valence electrons. The number of halogens is 2. The van der Waals surface area contributed by atoms with E-state index in [-0.39, 0.29) is 24.1 Å². The fourth-order valence-corrected chi connectivity index (χ4v) is 1.55. The summed E-state index contributed by atoms with van der Waals surface area (Å²) in [7, 11) is 1.55. The highest BCUT2D eigenvalue weighted by Crippen LogP contribution is 2.10. The Hall–Kier alpha value is -1.49. The quantitative estimate of drug-likeness (QED) is 0.879. The van der Waals surface area contributed by atoms with E-state index in [9.17, 15) is 13.6 Å². The molecule has 0 bridgehead atoms. The molecule has 0 aromatic heterocycles. The number of hydrogen-bond donors (Lipinski definition) is 1. The van der Waals surface area contributed by atoms with Crippen LogP contribution < -0.4 is 5.32 Å². The van der Waals surface area contributed by atoms with Gasteiger partial charge in [-0.15, -0.1) is 0 Å². The lowest BCUT2D eigenvalue weighted by Crippen LogP contribution is -2.36. The average molecular weight is 257 g/mol. The Labute approximate surface area is 105 Å². The van der Waals surface area contributed by atoms with E-state index in [0.717, 1.165) is 12.1 Å². The van der Waals surface area contributed by atoms with E-state index in [4.69, 9.17) is 4.74 Å². The number of carbonyl (C=O) groups is 1. The van der Waals surface area contributed by atoms with Crippen LogP contribution in [-0.4, -0.2) is 25.7 Å². The van der Waals surface area contributed by atoms with Crippen molar-refractivity contribution in [2.24, 2.45) is 5.92 Å². The minimum absolute atomic E-state index is 0.141. The van der Waals surface area contributed by atoms with E-state index in [1.807, 2.05) is 13.8 Å². The minimum atomic E-state index is -0.869. The van der Waals surface area contributed by atoms with E-state index >= 15 is 0 Å². The van der Waals surface area contributed by atoms with E-state index in [0.29, 0.717) is 6.07 Å². The smallest absolute Gasteiger partial charge is 0.254 e. The van der Waals surface area contributed by atoms with Crippen LogP contribution in [-0.2, 0) is 4.74 Å². The van der Waals surface area contributed by atoms with Crippen molar-refractivity contribution >= 4 is 5.91 Å². The Morgan fingerprint density at radius 1 is 1.39 bits per heavy atom. The maximum atomic E-state index is 13.3. The highest BCUT2D eigenvalue weighted by molar-refractivity contribution is 5.94. The monoisotopic (exact) mass is 257 g/mol. The fourth-order valence-electron chi connectivity index (χ4n) is 1.55. The van der Waals surface area contributed by atoms with Crippen molar-refractivity contribution in [3.63, 3.8) is 0 Å². The van der Waals surface area contributed by atoms with Crippen LogP contribution in [0.1, 0.15) is 24.2 Å². The van der Waals surface area contributed by atoms with E-state index in [1.54, 1.807) is 7.11 Å². The molecular weight excluding hydrogens is 240 g/mol. The number of methoxy groups -OCH3 is 1. The zero-order valence-electron chi connectivity index (χ0n) is 10.7. The lowest BCUT2D eigenvalue weighted by Gasteiger charge is -2.19. The van der Waals surface area contributed by atoms with Gasteiger partial charge in [-0.05, 0) is 18.1 Å². The van der Waals surface area contributed by atoms with Gasteiger partial charge in [0, 0.05) is 19.7 Å². The maximum Gasteiger partial charge on any atom is 0.254 e. The van der Waals surface area contributed by atoms with Crippen LogP contribution in [0.2, 0.25) is 0 Å². The molecule has 0 spiro atoms. The maximum absolute atomic E-state index is 13.3. The van der Waals surface area contributed by atoms with Crippen molar-refractivity contribution < 1.29 is 18.3 Å². The van der Waals surface area contributed by atoms with Gasteiger partial charge in [-0.3, -0.25) is 4.79 Å². The van der Waals surface area contributed by atoms with Crippen molar-refractivity contribution in [1.29, 1.82) is 0 Å². The SMILES string of the molecule is CO[C@H](CNC(=O)c1ccc(F)cc1F)C(C)C. The van der Waals surface area contributed by atoms with Gasteiger partial charge in [0.2, 0.25) is 0 Å². The Bertz CT molecular complexity index is 421. The van der Waals surface area contributed by atoms with Gasteiger partial charge in [-0.2, -0.15) is 0 Å². The predicted molar refractivity (Wildman–Crippen MR) is 64.3 cm³/mol. The van der Waals surface area contributed by atoms with Crippen molar-refractivity contribution in [2.45, 2.75) is 20.0 Å². The molecule has 0 saturated carbocycles. The number of amides is 1. The molecule has 0 aliphatic heterocycles. The molecule has 0 aliphatic carbocycles. The summed E-state index contributed by atoms with van der Waals surface area (Å²) in [5.74, 6) is -1.92. The molecule has 1 N–H and O–H groups in total. The summed E-state index contributed by atoms with van der Waals surface area (Å²) in [5.41, 5.74) is -0.171. The molecule has 0 radical (unpaired) electrons. The van der Waals surface area contributed by atoms with Crippen LogP contribution in [0.4, 0.5) is 8.78 Å². The minimum Gasteiger partial charge on any atom is -0.379 e. The van der Waals surface area contributed by atoms with E-state index in [1.165, 1.54) is 0 Å². The zero-order valence-corrected chi connectivity index (χ0v) is 10.7. The van der Waals surface area contributed by atoms with Gasteiger partial charge in [0.1, 0.15) is 11.6 Å². The topological polar surface area (TPSA) is 38.3 Å². The molecule has 0 saturated heterocycles. The van der Waals surface area contributed by atoms with Crippen LogP contribution in [0.25, 0.3) is 0 Å². The van der Waals surface area contributed by atoms with Crippen molar-refractivity contribution in [3.05, 3.63) is 35.4 Å². The summed E-state index contributed by atoms with van der Waals surface area (Å²) in [6, 6.07) is 2.86. The second kappa shape index (κ2) is 6.44. The van der Waals surface area contributed by atoms with Crippen LogP contribution in [0.15, 0.2) is 18.2 Å². The van der Waals surface area contributed by atoms with Crippen LogP contribution in [0.3, 0.4) is 0 Å². The summed E-state index contributed by atoms with van der Waals surface area (Å²) < 4.78 is 31.2. The second-order valence-corrected chi connectivity index (χ2v) is 4.35. The third-order valence-electron chi connectivity index (χ3n) is 2.69. The molecule has 1 aromatic rings. The number of hydrogen-bond acceptors (Lipinski definition) is 2. The highest BCUT2D eigenvalue weighted by atomic mass is 19.1. The first kappa shape index (κ1) is 14.6. The van der Waals surface area contributed by atoms with Crippen molar-refractivity contribution in [3.8, 4) is 0 Å². The number of rotatable bonds is 5. The summed E-state index contributed by atoms with van der Waals surface area (Å²) in [6.07, 6.45) is -0.141. The lowest BCUT2D eigenvalue weighted by molar-refractivity contribution is 0.0604. The highest BCUT2D eigenvalue weighted by Gasteiger charge is 2.16. The largest absolute Gasteiger partial charge is 0.379 e. The zero-order chi connectivity index (χ0) is 13.7. The van der Waals surface area contributed by atoms with Gasteiger partial charge in [0.05, 0.1) is 11.7 Å². The molecule has 18 heavy (non-hydrogen) atoms. The van der Waals surface area contributed by atoms with Gasteiger partial charge in [-0.1, -0.05) is 13.8 Å². The summed E-state index contributed by atoms with van der Waals surface area (Å²) in [5, 5.41) is 2.57. The molecule has 0 heterocycles. The Morgan fingerprint density at radius 2 is 2.06 bits per heavy atom. The molecule has 1 rings (SSSR count). The Balaban J connectivity index is 2.65. The standard InChI is InChI=1S/C13H17F2NO2/c1-8(2)12(18-3)7-16-13(17)10-5-4-9(14)6-11(10)15/h4-6,8,12H,7H2,1-3H3,(H,16,17)/t12-/m1/s1. The molecule has 0 unspecified atom stereocenters. The second-order valence-electron chi connectivity index (χ2n) is 4.35. The number of benzene rings is 1. The van der Waals surface area contributed by atoms with E-state index < -0.39 is 17.5 Å². The number of nitrogens with one attached hydrogen (secondary N) is 1. The van der Waals surface area contributed by atoms with Gasteiger partial charge in [0.15, 0.2) is 0 Å². The number of ether oxygens (including phenoxy) is 1. The molecule has 0 fully saturated rings. The third kappa shape index (κ3) is 3.77. The lowest BCUT2D eigenvalue weighted by atomic mass is 10.1. The Morgan fingerprint density at radius 3 is 2.56 bits per heavy atom. The number of carbonyl (C=O) groups excluding carboxylic acids is 1. The van der Waals surface area contributed by atoms with Crippen LogP contribution >= 0.6 is 0 Å². The van der Waals surface area contributed by atoms with Gasteiger partial charge >= 0.3 is 0 Å². The first-order chi connectivity index (χ1) is 8.45. The summed E-state index contributed by atoms with van der Waals surface area (Å²) in [4.78, 5) is 11.7. The molecule has 1 atom stereocenters. The van der Waals surface area contributed by atoms with Gasteiger partial charge < -0.3 is 10.1 Å². The van der Waals surface area contributed by atoms with Crippen LogP contribution in [0, 0.1) is 17.6 Å². The first-order valence-corrected chi connectivity index (χ1v) is 5.71. The summed E-state index contributed by atoms with van der Waals surface area (Å²) in [6.45, 7) is 4.20. The molecule has 1 aromatic carbocycles. The first-order valence-electron chi connectivity index (χ1n) is 5.71. The van der Waals surface area contributed by atoms with Gasteiger partial charge in [0.25, 0.3) is 5.91 Å². The fraction of sp³-hybridized carbons (Fsp3) is 0.462. The van der Waals surface area contributed by atoms with Crippen molar-refractivity contribution in [1.82, 2.24) is 5.32 Å². The molecule has 3 nitrogen and oxygen atoms in total. The molecule has 1 amide bonds. The van der Waals surface area contributed by atoms with Gasteiger partial charge in [-0.25, -0.2) is 8.78 Å². The predicted octanol–water partition coefficient (Wildman–Crippen LogP) is 2.37. The van der Waals surface area contributed by atoms with E-state index in [2.05, 4.69) is 5.32 Å². The van der Waals surface area contributed by atoms with Crippen molar-refractivity contribution in [2.75, 3.05) is 13.7 Å². The Kier molecular flexibility index (Phi) is 5.22. The van der Waals surface area contributed by atoms with Crippen LogP contribution in [0.5, 0.6) is 0 Å². The molecule has 5 heteroatoms.